The minimum atomic E-state index is -0.939. The van der Waals surface area contributed by atoms with Crippen LogP contribution < -0.4 is 5.32 Å². The molecule has 0 aliphatic rings. The van der Waals surface area contributed by atoms with E-state index in [4.69, 9.17) is 9.52 Å². The largest absolute Gasteiger partial charge is 0.478 e. The lowest BCUT2D eigenvalue weighted by Crippen LogP contribution is -2.16. The van der Waals surface area contributed by atoms with Crippen molar-refractivity contribution in [2.45, 2.75) is 11.7 Å². The topological polar surface area (TPSA) is 106 Å². The molecule has 0 saturated heterocycles. The fourth-order valence-electron chi connectivity index (χ4n) is 2.17. The summed E-state index contributed by atoms with van der Waals surface area (Å²) in [6, 6.07) is 10.4. The predicted molar refractivity (Wildman–Crippen MR) is 99.6 cm³/mol. The van der Waals surface area contributed by atoms with Crippen LogP contribution in [0, 0.1) is 0 Å². The van der Waals surface area contributed by atoms with Crippen molar-refractivity contribution in [2.75, 3.05) is 12.3 Å². The molecule has 2 N–H and O–H groups in total. The number of furan rings is 1. The summed E-state index contributed by atoms with van der Waals surface area (Å²) in [5.41, 5.74) is 1.11. The van der Waals surface area contributed by atoms with Crippen LogP contribution in [-0.2, 0) is 13.6 Å². The number of thioether (sulfide) groups is 1. The number of carboxylic acid groups (broad SMARTS) is 1. The van der Waals surface area contributed by atoms with Crippen molar-refractivity contribution in [3.63, 3.8) is 0 Å². The lowest BCUT2D eigenvalue weighted by molar-refractivity contribution is 0.0697. The molecule has 0 saturated carbocycles. The van der Waals surface area contributed by atoms with Crippen molar-refractivity contribution in [2.24, 2.45) is 7.05 Å². The molecular formula is C16H18ClN5O3S. The summed E-state index contributed by atoms with van der Waals surface area (Å²) in [5.74, 6) is 1.44. The van der Waals surface area contributed by atoms with Gasteiger partial charge in [0.25, 0.3) is 0 Å². The first-order valence-corrected chi connectivity index (χ1v) is 8.60. The third-order valence-electron chi connectivity index (χ3n) is 3.47. The number of aromatic nitrogens is 4. The first-order chi connectivity index (χ1) is 12.1. The molecule has 3 rings (SSSR count). The lowest BCUT2D eigenvalue weighted by atomic mass is 10.1. The number of aromatic carboxylic acids is 1. The van der Waals surface area contributed by atoms with Crippen LogP contribution in [0.25, 0.3) is 11.3 Å². The molecule has 8 nitrogen and oxygen atoms in total. The third kappa shape index (κ3) is 5.07. The quantitative estimate of drug-likeness (QED) is 0.442. The highest BCUT2D eigenvalue weighted by molar-refractivity contribution is 7.99. The van der Waals surface area contributed by atoms with Gasteiger partial charge < -0.3 is 14.8 Å². The Morgan fingerprint density at radius 2 is 2.04 bits per heavy atom. The highest BCUT2D eigenvalue weighted by Gasteiger charge is 2.07. The molecule has 0 bridgehead atoms. The SMILES string of the molecule is Cl.Cn1nnnc1SCCNCc1ccc(-c2ccc(C(=O)O)cc2)o1. The maximum atomic E-state index is 10.9. The normalized spacial score (nSPS) is 10.5. The zero-order valence-electron chi connectivity index (χ0n) is 14.0. The zero-order valence-corrected chi connectivity index (χ0v) is 15.6. The second-order valence-corrected chi connectivity index (χ2v) is 6.32. The van der Waals surface area contributed by atoms with Gasteiger partial charge in [0.2, 0.25) is 5.16 Å². The van der Waals surface area contributed by atoms with E-state index in [9.17, 15) is 4.79 Å². The van der Waals surface area contributed by atoms with Crippen LogP contribution in [-0.4, -0.2) is 43.6 Å². The minimum Gasteiger partial charge on any atom is -0.478 e. The number of carbonyl (C=O) groups is 1. The molecule has 0 radical (unpaired) electrons. The van der Waals surface area contributed by atoms with E-state index in [0.717, 1.165) is 28.8 Å². The van der Waals surface area contributed by atoms with E-state index in [2.05, 4.69) is 20.8 Å². The van der Waals surface area contributed by atoms with E-state index in [-0.39, 0.29) is 18.0 Å². The van der Waals surface area contributed by atoms with Crippen molar-refractivity contribution in [3.8, 4) is 11.3 Å². The van der Waals surface area contributed by atoms with Gasteiger partial charge in [-0.25, -0.2) is 9.48 Å². The van der Waals surface area contributed by atoms with E-state index in [0.29, 0.717) is 12.3 Å². The van der Waals surface area contributed by atoms with Crippen molar-refractivity contribution in [1.82, 2.24) is 25.5 Å². The molecule has 0 amide bonds. The first-order valence-electron chi connectivity index (χ1n) is 7.62. The van der Waals surface area contributed by atoms with Crippen molar-refractivity contribution in [1.29, 1.82) is 0 Å². The molecule has 2 aromatic heterocycles. The summed E-state index contributed by atoms with van der Waals surface area (Å²) in [5, 5.41) is 24.3. The van der Waals surface area contributed by atoms with E-state index in [1.165, 1.54) is 0 Å². The van der Waals surface area contributed by atoms with Gasteiger partial charge >= 0.3 is 5.97 Å². The van der Waals surface area contributed by atoms with Gasteiger partial charge in [0, 0.05) is 24.9 Å². The van der Waals surface area contributed by atoms with Gasteiger partial charge in [0.05, 0.1) is 12.1 Å². The molecule has 0 atom stereocenters. The summed E-state index contributed by atoms with van der Waals surface area (Å²) >= 11 is 1.58. The highest BCUT2D eigenvalue weighted by atomic mass is 35.5. The van der Waals surface area contributed by atoms with Crippen molar-refractivity contribution in [3.05, 3.63) is 47.7 Å². The van der Waals surface area contributed by atoms with Crippen LogP contribution in [0.15, 0.2) is 46.0 Å². The summed E-state index contributed by atoms with van der Waals surface area (Å²) in [6.45, 7) is 1.41. The summed E-state index contributed by atoms with van der Waals surface area (Å²) in [4.78, 5) is 10.9. The smallest absolute Gasteiger partial charge is 0.335 e. The Morgan fingerprint density at radius 3 is 2.69 bits per heavy atom. The van der Waals surface area contributed by atoms with Gasteiger partial charge in [-0.15, -0.1) is 17.5 Å². The average Bonchev–Trinajstić information content (AvgIpc) is 3.24. The number of benzene rings is 1. The highest BCUT2D eigenvalue weighted by Crippen LogP contribution is 2.22. The van der Waals surface area contributed by atoms with Crippen LogP contribution in [0.5, 0.6) is 0 Å². The Morgan fingerprint density at radius 1 is 1.27 bits per heavy atom. The summed E-state index contributed by atoms with van der Waals surface area (Å²) < 4.78 is 7.43. The maximum absolute atomic E-state index is 10.9. The molecule has 1 aromatic carbocycles. The number of tetrazole rings is 1. The van der Waals surface area contributed by atoms with Gasteiger partial charge in [-0.1, -0.05) is 23.9 Å². The molecule has 10 heteroatoms. The number of halogens is 1. The molecule has 0 aliphatic heterocycles. The molecular weight excluding hydrogens is 378 g/mol. The van der Waals surface area contributed by atoms with Gasteiger partial charge in [0.15, 0.2) is 0 Å². The van der Waals surface area contributed by atoms with E-state index >= 15 is 0 Å². The van der Waals surface area contributed by atoms with Crippen LogP contribution >= 0.6 is 24.2 Å². The molecule has 0 spiro atoms. The standard InChI is InChI=1S/C16H17N5O3S.ClH/c1-21-16(18-19-20-21)25-9-8-17-10-13-6-7-14(24-13)11-2-4-12(5-3-11)15(22)23;/h2-7,17H,8-10H2,1H3,(H,22,23);1H. The van der Waals surface area contributed by atoms with E-state index in [1.54, 1.807) is 40.7 Å². The van der Waals surface area contributed by atoms with Gasteiger partial charge in [-0.05, 0) is 34.7 Å². The Hall–Kier alpha value is -2.36. The molecule has 2 heterocycles. The number of aryl methyl sites for hydroxylation is 1. The van der Waals surface area contributed by atoms with Gasteiger partial charge in [-0.3, -0.25) is 0 Å². The molecule has 138 valence electrons. The Bertz CT molecular complexity index is 850. The number of carboxylic acids is 1. The average molecular weight is 396 g/mol. The fraction of sp³-hybridized carbons (Fsp3) is 0.250. The van der Waals surface area contributed by atoms with Crippen LogP contribution in [0.1, 0.15) is 16.1 Å². The maximum Gasteiger partial charge on any atom is 0.335 e. The van der Waals surface area contributed by atoms with Crippen molar-refractivity contribution >= 4 is 30.1 Å². The van der Waals surface area contributed by atoms with Crippen molar-refractivity contribution < 1.29 is 14.3 Å². The summed E-state index contributed by atoms with van der Waals surface area (Å²) in [6.07, 6.45) is 0. The molecule has 3 aromatic rings. The number of nitrogens with one attached hydrogen (secondary N) is 1. The number of hydrogen-bond donors (Lipinski definition) is 2. The van der Waals surface area contributed by atoms with Crippen LogP contribution in [0.3, 0.4) is 0 Å². The van der Waals surface area contributed by atoms with Crippen LogP contribution in [0.4, 0.5) is 0 Å². The molecule has 26 heavy (non-hydrogen) atoms. The predicted octanol–water partition coefficient (Wildman–Crippen LogP) is 2.47. The number of hydrogen-bond acceptors (Lipinski definition) is 7. The monoisotopic (exact) mass is 395 g/mol. The molecule has 0 unspecified atom stereocenters. The summed E-state index contributed by atoms with van der Waals surface area (Å²) in [7, 11) is 1.81. The number of rotatable bonds is 8. The third-order valence-corrected chi connectivity index (χ3v) is 4.48. The minimum absolute atomic E-state index is 0. The second-order valence-electron chi connectivity index (χ2n) is 5.26. The second kappa shape index (κ2) is 9.37. The van der Waals surface area contributed by atoms with Gasteiger partial charge in [0.1, 0.15) is 11.5 Å². The zero-order chi connectivity index (χ0) is 17.6. The van der Waals surface area contributed by atoms with E-state index < -0.39 is 5.97 Å². The Balaban J connectivity index is 0.00000243. The Kier molecular flexibility index (Phi) is 7.19. The molecule has 0 aliphatic carbocycles. The first kappa shape index (κ1) is 20.0. The fourth-order valence-corrected chi connectivity index (χ4v) is 2.92. The lowest BCUT2D eigenvalue weighted by Gasteiger charge is -2.02. The number of nitrogens with zero attached hydrogens (tertiary/aromatic N) is 4. The van der Waals surface area contributed by atoms with E-state index in [1.807, 2.05) is 19.2 Å². The Labute approximate surface area is 160 Å². The van der Waals surface area contributed by atoms with Gasteiger partial charge in [-0.2, -0.15) is 0 Å². The molecule has 0 fully saturated rings. The van der Waals surface area contributed by atoms with Crippen LogP contribution in [0.2, 0.25) is 0 Å².